The number of amides is 1. The van der Waals surface area contributed by atoms with Crippen molar-refractivity contribution in [3.8, 4) is 0 Å². The highest BCUT2D eigenvalue weighted by molar-refractivity contribution is 9.10. The van der Waals surface area contributed by atoms with Gasteiger partial charge in [0.25, 0.3) is 0 Å². The van der Waals surface area contributed by atoms with E-state index in [1.54, 1.807) is 12.1 Å². The average Bonchev–Trinajstić information content (AvgIpc) is 2.38. The number of carbonyl (C=O) groups excluding carboxylic acids is 1. The minimum Gasteiger partial charge on any atom is -0.481 e. The predicted octanol–water partition coefficient (Wildman–Crippen LogP) is 0.661. The second kappa shape index (κ2) is 7.53. The summed E-state index contributed by atoms with van der Waals surface area (Å²) in [6, 6.07) is 6.04. The molecular weight excluding hydrogens is 364 g/mol. The van der Waals surface area contributed by atoms with E-state index in [1.807, 2.05) is 0 Å². The second-order valence-electron chi connectivity index (χ2n) is 4.21. The molecule has 0 aromatic heterocycles. The highest BCUT2D eigenvalue weighted by atomic mass is 79.9. The minimum atomic E-state index is -3.76. The molecule has 21 heavy (non-hydrogen) atoms. The molecule has 0 fully saturated rings. The van der Waals surface area contributed by atoms with Gasteiger partial charge in [-0.05, 0) is 24.3 Å². The number of carboxylic acids is 1. The molecule has 1 rings (SSSR count). The average molecular weight is 379 g/mol. The molecule has 0 atom stereocenters. The van der Waals surface area contributed by atoms with E-state index in [0.29, 0.717) is 0 Å². The number of carbonyl (C=O) groups is 2. The molecule has 0 unspecified atom stereocenters. The summed E-state index contributed by atoms with van der Waals surface area (Å²) < 4.78 is 26.0. The summed E-state index contributed by atoms with van der Waals surface area (Å²) in [6.45, 7) is -0.418. The number of nitrogens with one attached hydrogen (secondary N) is 1. The van der Waals surface area contributed by atoms with Crippen molar-refractivity contribution < 1.29 is 23.1 Å². The molecule has 0 spiro atoms. The van der Waals surface area contributed by atoms with Gasteiger partial charge in [0.05, 0.1) is 17.9 Å². The lowest BCUT2D eigenvalue weighted by Crippen LogP contribution is -2.39. The smallest absolute Gasteiger partial charge is 0.305 e. The number of sulfonamides is 1. The van der Waals surface area contributed by atoms with Gasteiger partial charge >= 0.3 is 5.97 Å². The Bertz CT molecular complexity index is 615. The van der Waals surface area contributed by atoms with E-state index in [-0.39, 0.29) is 24.4 Å². The fraction of sp³-hybridized carbons (Fsp3) is 0.333. The van der Waals surface area contributed by atoms with Gasteiger partial charge in [0.1, 0.15) is 0 Å². The van der Waals surface area contributed by atoms with Crippen molar-refractivity contribution in [2.24, 2.45) is 0 Å². The molecule has 7 nitrogen and oxygen atoms in total. The number of carboxylic acid groups (broad SMARTS) is 1. The maximum atomic E-state index is 12.2. The van der Waals surface area contributed by atoms with Crippen LogP contribution in [0.25, 0.3) is 0 Å². The normalized spacial score (nSPS) is 11.4. The van der Waals surface area contributed by atoms with E-state index < -0.39 is 21.9 Å². The number of halogens is 1. The summed E-state index contributed by atoms with van der Waals surface area (Å²) in [5.41, 5.74) is 0. The largest absolute Gasteiger partial charge is 0.481 e. The number of nitrogens with zero attached hydrogens (tertiary/aromatic N) is 1. The first-order valence-corrected chi connectivity index (χ1v) is 8.17. The fourth-order valence-electron chi connectivity index (χ4n) is 1.44. The summed E-state index contributed by atoms with van der Waals surface area (Å²) >= 11 is 3.21. The van der Waals surface area contributed by atoms with E-state index in [9.17, 15) is 18.0 Å². The van der Waals surface area contributed by atoms with Crippen LogP contribution in [0.1, 0.15) is 6.42 Å². The Morgan fingerprint density at radius 3 is 2.38 bits per heavy atom. The molecule has 0 aliphatic heterocycles. The molecule has 9 heteroatoms. The van der Waals surface area contributed by atoms with Gasteiger partial charge in [0.15, 0.2) is 0 Å². The topological polar surface area (TPSA) is 104 Å². The van der Waals surface area contributed by atoms with Crippen LogP contribution in [0.15, 0.2) is 33.6 Å². The third-order valence-electron chi connectivity index (χ3n) is 2.55. The van der Waals surface area contributed by atoms with Crippen LogP contribution in [0.2, 0.25) is 0 Å². The lowest BCUT2D eigenvalue weighted by molar-refractivity contribution is -0.136. The third-order valence-corrected chi connectivity index (χ3v) is 4.90. The van der Waals surface area contributed by atoms with Crippen LogP contribution in [-0.2, 0) is 19.6 Å². The van der Waals surface area contributed by atoms with E-state index >= 15 is 0 Å². The lowest BCUT2D eigenvalue weighted by atomic mass is 10.4. The van der Waals surface area contributed by atoms with E-state index in [0.717, 1.165) is 8.78 Å². The van der Waals surface area contributed by atoms with Crippen LogP contribution < -0.4 is 5.32 Å². The number of hydrogen-bond acceptors (Lipinski definition) is 4. The number of benzene rings is 1. The molecule has 1 aromatic carbocycles. The van der Waals surface area contributed by atoms with E-state index in [4.69, 9.17) is 5.11 Å². The van der Waals surface area contributed by atoms with Crippen molar-refractivity contribution in [3.05, 3.63) is 28.7 Å². The second-order valence-corrected chi connectivity index (χ2v) is 7.17. The van der Waals surface area contributed by atoms with Gasteiger partial charge in [0, 0.05) is 18.1 Å². The molecule has 2 N–H and O–H groups in total. The summed E-state index contributed by atoms with van der Waals surface area (Å²) in [7, 11) is -2.47. The zero-order chi connectivity index (χ0) is 16.0. The van der Waals surface area contributed by atoms with Gasteiger partial charge in [0.2, 0.25) is 15.9 Å². The highest BCUT2D eigenvalue weighted by Crippen LogP contribution is 2.17. The molecule has 0 saturated heterocycles. The number of rotatable bonds is 7. The van der Waals surface area contributed by atoms with Gasteiger partial charge in [-0.15, -0.1) is 0 Å². The van der Waals surface area contributed by atoms with Crippen molar-refractivity contribution in [2.45, 2.75) is 11.3 Å². The molecule has 0 heterocycles. The van der Waals surface area contributed by atoms with Gasteiger partial charge < -0.3 is 10.4 Å². The first-order chi connectivity index (χ1) is 9.73. The summed E-state index contributed by atoms with van der Waals surface area (Å²) in [5.74, 6) is -1.59. The van der Waals surface area contributed by atoms with Crippen molar-refractivity contribution >= 4 is 37.8 Å². The van der Waals surface area contributed by atoms with E-state index in [1.165, 1.54) is 19.2 Å². The first-order valence-electron chi connectivity index (χ1n) is 5.94. The number of aliphatic carboxylic acids is 1. The Balaban J connectivity index is 2.65. The molecule has 1 amide bonds. The van der Waals surface area contributed by atoms with Crippen molar-refractivity contribution in [1.82, 2.24) is 9.62 Å². The summed E-state index contributed by atoms with van der Waals surface area (Å²) in [5, 5.41) is 10.8. The predicted molar refractivity (Wildman–Crippen MR) is 79.2 cm³/mol. The lowest BCUT2D eigenvalue weighted by Gasteiger charge is -2.16. The molecule has 0 bridgehead atoms. The molecule has 0 aliphatic rings. The van der Waals surface area contributed by atoms with Crippen LogP contribution in [0, 0.1) is 0 Å². The van der Waals surface area contributed by atoms with Crippen molar-refractivity contribution in [2.75, 3.05) is 20.1 Å². The molecule has 0 aliphatic carbocycles. The van der Waals surface area contributed by atoms with Gasteiger partial charge in [-0.1, -0.05) is 15.9 Å². The molecular formula is C12H15BrN2O5S. The zero-order valence-corrected chi connectivity index (χ0v) is 13.6. The molecule has 116 valence electrons. The standard InChI is InChI=1S/C12H15BrN2O5S/c1-15(8-11(16)14-7-6-12(17)18)21(19,20)10-4-2-9(13)3-5-10/h2-5H,6-8H2,1H3,(H,14,16)(H,17,18). The third kappa shape index (κ3) is 5.44. The Hall–Kier alpha value is -1.45. The van der Waals surface area contributed by atoms with Gasteiger partial charge in [-0.25, -0.2) is 8.42 Å². The van der Waals surface area contributed by atoms with Crippen molar-refractivity contribution in [1.29, 1.82) is 0 Å². The quantitative estimate of drug-likeness (QED) is 0.725. The maximum Gasteiger partial charge on any atom is 0.305 e. The zero-order valence-electron chi connectivity index (χ0n) is 11.2. The first kappa shape index (κ1) is 17.6. The summed E-state index contributed by atoms with van der Waals surface area (Å²) in [4.78, 5) is 21.9. The van der Waals surface area contributed by atoms with Crippen LogP contribution in [-0.4, -0.2) is 49.8 Å². The summed E-state index contributed by atoms with van der Waals surface area (Å²) in [6.07, 6.45) is -0.213. The van der Waals surface area contributed by atoms with Crippen molar-refractivity contribution in [3.63, 3.8) is 0 Å². The highest BCUT2D eigenvalue weighted by Gasteiger charge is 2.22. The monoisotopic (exact) mass is 378 g/mol. The Labute approximate surface area is 131 Å². The Kier molecular flexibility index (Phi) is 6.31. The van der Waals surface area contributed by atoms with Crippen LogP contribution in [0.5, 0.6) is 0 Å². The van der Waals surface area contributed by atoms with E-state index in [2.05, 4.69) is 21.2 Å². The fourth-order valence-corrected chi connectivity index (χ4v) is 2.83. The maximum absolute atomic E-state index is 12.2. The number of hydrogen-bond donors (Lipinski definition) is 2. The molecule has 0 radical (unpaired) electrons. The SMILES string of the molecule is CN(CC(=O)NCCC(=O)O)S(=O)(=O)c1ccc(Br)cc1. The molecule has 0 saturated carbocycles. The van der Waals surface area contributed by atoms with Crippen LogP contribution in [0.3, 0.4) is 0 Å². The van der Waals surface area contributed by atoms with Crippen LogP contribution >= 0.6 is 15.9 Å². The molecule has 1 aromatic rings. The Morgan fingerprint density at radius 2 is 1.86 bits per heavy atom. The van der Waals surface area contributed by atoms with Gasteiger partial charge in [-0.3, -0.25) is 9.59 Å². The minimum absolute atomic E-state index is 0.0413. The van der Waals surface area contributed by atoms with Gasteiger partial charge in [-0.2, -0.15) is 4.31 Å². The van der Waals surface area contributed by atoms with Crippen LogP contribution in [0.4, 0.5) is 0 Å². The number of likely N-dealkylation sites (N-methyl/N-ethyl adjacent to an activating group) is 1. The Morgan fingerprint density at radius 1 is 1.29 bits per heavy atom.